The van der Waals surface area contributed by atoms with Crippen LogP contribution >= 0.6 is 0 Å². The predicted octanol–water partition coefficient (Wildman–Crippen LogP) is 6.23. The van der Waals surface area contributed by atoms with E-state index in [1.807, 2.05) is 42.5 Å². The standard InChI is InChI=1S/C27H26N4O/c1-3-15-28-24-13-6-4-10-20(24)18(2)29-27-22-11-5-7-14-25(22)30-26(31-27)21-12-8-9-19-16-32-17-23(19)21/h4-14,28H,2-3,15-17H2,1H3,(H,29,30,31). The van der Waals surface area contributed by atoms with Crippen LogP contribution in [0.2, 0.25) is 0 Å². The van der Waals surface area contributed by atoms with Crippen LogP contribution < -0.4 is 10.6 Å². The SMILES string of the molecule is C=C(Nc1nc(-c2cccc3c2COC3)nc2ccccc12)c1ccccc1NCCC. The Balaban J connectivity index is 1.56. The summed E-state index contributed by atoms with van der Waals surface area (Å²) in [5, 5.41) is 7.92. The van der Waals surface area contributed by atoms with E-state index in [-0.39, 0.29) is 0 Å². The van der Waals surface area contributed by atoms with Crippen LogP contribution in [-0.4, -0.2) is 16.5 Å². The van der Waals surface area contributed by atoms with Crippen molar-refractivity contribution < 1.29 is 4.74 Å². The molecule has 0 radical (unpaired) electrons. The average molecular weight is 423 g/mol. The lowest BCUT2D eigenvalue weighted by atomic mass is 10.0. The van der Waals surface area contributed by atoms with Gasteiger partial charge in [-0.25, -0.2) is 9.97 Å². The van der Waals surface area contributed by atoms with Crippen LogP contribution in [0.25, 0.3) is 28.0 Å². The van der Waals surface area contributed by atoms with Gasteiger partial charge in [0, 0.05) is 34.4 Å². The Morgan fingerprint density at radius 3 is 2.72 bits per heavy atom. The van der Waals surface area contributed by atoms with Gasteiger partial charge in [0.05, 0.1) is 18.7 Å². The van der Waals surface area contributed by atoms with Gasteiger partial charge < -0.3 is 15.4 Å². The molecule has 0 aliphatic carbocycles. The molecular weight excluding hydrogens is 396 g/mol. The molecule has 3 aromatic carbocycles. The number of aromatic nitrogens is 2. The fraction of sp³-hybridized carbons (Fsp3) is 0.185. The van der Waals surface area contributed by atoms with E-state index in [1.54, 1.807) is 0 Å². The highest BCUT2D eigenvalue weighted by atomic mass is 16.5. The predicted molar refractivity (Wildman–Crippen MR) is 131 cm³/mol. The molecule has 1 aliphatic rings. The van der Waals surface area contributed by atoms with Gasteiger partial charge in [-0.1, -0.05) is 62.0 Å². The minimum Gasteiger partial charge on any atom is -0.385 e. The molecule has 0 atom stereocenters. The number of para-hydroxylation sites is 2. The second kappa shape index (κ2) is 8.81. The van der Waals surface area contributed by atoms with Crippen molar-refractivity contribution in [3.8, 4) is 11.4 Å². The summed E-state index contributed by atoms with van der Waals surface area (Å²) >= 11 is 0. The van der Waals surface area contributed by atoms with Crippen LogP contribution in [0.3, 0.4) is 0 Å². The molecule has 0 fully saturated rings. The third kappa shape index (κ3) is 3.83. The molecule has 0 bridgehead atoms. The normalized spacial score (nSPS) is 12.5. The summed E-state index contributed by atoms with van der Waals surface area (Å²) < 4.78 is 5.67. The molecule has 0 amide bonds. The summed E-state index contributed by atoms with van der Waals surface area (Å²) in [5.41, 5.74) is 7.16. The van der Waals surface area contributed by atoms with Crippen molar-refractivity contribution in [2.75, 3.05) is 17.2 Å². The van der Waals surface area contributed by atoms with E-state index in [2.05, 4.69) is 48.4 Å². The largest absolute Gasteiger partial charge is 0.385 e. The molecule has 160 valence electrons. The molecule has 0 spiro atoms. The first-order valence-electron chi connectivity index (χ1n) is 11.0. The van der Waals surface area contributed by atoms with Gasteiger partial charge in [0.1, 0.15) is 5.82 Å². The maximum absolute atomic E-state index is 5.67. The third-order valence-electron chi connectivity index (χ3n) is 5.71. The molecule has 1 aliphatic heterocycles. The van der Waals surface area contributed by atoms with E-state index in [1.165, 1.54) is 11.1 Å². The number of anilines is 2. The number of hydrogen-bond donors (Lipinski definition) is 2. The first-order chi connectivity index (χ1) is 15.7. The zero-order valence-electron chi connectivity index (χ0n) is 18.2. The Morgan fingerprint density at radius 1 is 0.969 bits per heavy atom. The van der Waals surface area contributed by atoms with Gasteiger partial charge in [-0.2, -0.15) is 0 Å². The number of ether oxygens (including phenoxy) is 1. The van der Waals surface area contributed by atoms with Crippen molar-refractivity contribution in [3.05, 3.63) is 90.0 Å². The number of fused-ring (bicyclic) bond motifs is 2. The monoisotopic (exact) mass is 422 g/mol. The van der Waals surface area contributed by atoms with Crippen molar-refractivity contribution in [2.45, 2.75) is 26.6 Å². The average Bonchev–Trinajstić information content (AvgIpc) is 3.32. The number of hydrogen-bond acceptors (Lipinski definition) is 5. The van der Waals surface area contributed by atoms with E-state index < -0.39 is 0 Å². The lowest BCUT2D eigenvalue weighted by Crippen LogP contribution is -2.07. The Labute approximate surface area is 188 Å². The molecule has 5 nitrogen and oxygen atoms in total. The lowest BCUT2D eigenvalue weighted by molar-refractivity contribution is 0.134. The maximum Gasteiger partial charge on any atom is 0.162 e. The zero-order chi connectivity index (χ0) is 21.9. The molecule has 0 saturated heterocycles. The fourth-order valence-electron chi connectivity index (χ4n) is 4.08. The number of benzene rings is 3. The highest BCUT2D eigenvalue weighted by Gasteiger charge is 2.19. The van der Waals surface area contributed by atoms with Crippen molar-refractivity contribution in [2.24, 2.45) is 0 Å². The summed E-state index contributed by atoms with van der Waals surface area (Å²) in [6.07, 6.45) is 1.05. The van der Waals surface area contributed by atoms with E-state index in [4.69, 9.17) is 14.7 Å². The molecule has 0 unspecified atom stereocenters. The van der Waals surface area contributed by atoms with Crippen molar-refractivity contribution in [1.29, 1.82) is 0 Å². The molecule has 5 heteroatoms. The summed E-state index contributed by atoms with van der Waals surface area (Å²) in [5.74, 6) is 1.44. The first-order valence-corrected chi connectivity index (χ1v) is 11.0. The summed E-state index contributed by atoms with van der Waals surface area (Å²) in [4.78, 5) is 9.82. The molecule has 2 N–H and O–H groups in total. The molecule has 0 saturated carbocycles. The van der Waals surface area contributed by atoms with Gasteiger partial charge in [0.2, 0.25) is 0 Å². The van der Waals surface area contributed by atoms with Gasteiger partial charge in [-0.05, 0) is 35.7 Å². The van der Waals surface area contributed by atoms with Crippen molar-refractivity contribution in [1.82, 2.24) is 9.97 Å². The van der Waals surface area contributed by atoms with Crippen molar-refractivity contribution in [3.63, 3.8) is 0 Å². The summed E-state index contributed by atoms with van der Waals surface area (Å²) in [7, 11) is 0. The van der Waals surface area contributed by atoms with Crippen LogP contribution in [0.4, 0.5) is 11.5 Å². The molecule has 1 aromatic heterocycles. The molecule has 5 rings (SSSR count). The minimum absolute atomic E-state index is 0.591. The number of nitrogens with one attached hydrogen (secondary N) is 2. The topological polar surface area (TPSA) is 59.1 Å². The second-order valence-corrected chi connectivity index (χ2v) is 7.92. The van der Waals surface area contributed by atoms with Crippen LogP contribution in [0.15, 0.2) is 73.3 Å². The highest BCUT2D eigenvalue weighted by Crippen LogP contribution is 2.33. The van der Waals surface area contributed by atoms with Gasteiger partial charge >= 0.3 is 0 Å². The zero-order valence-corrected chi connectivity index (χ0v) is 18.2. The van der Waals surface area contributed by atoms with Gasteiger partial charge in [-0.15, -0.1) is 0 Å². The summed E-state index contributed by atoms with van der Waals surface area (Å²) in [6.45, 7) is 8.62. The number of rotatable bonds is 7. The number of nitrogens with zero attached hydrogens (tertiary/aromatic N) is 2. The Hall–Kier alpha value is -3.70. The molecule has 4 aromatic rings. The second-order valence-electron chi connectivity index (χ2n) is 7.92. The Kier molecular flexibility index (Phi) is 5.57. The van der Waals surface area contributed by atoms with Crippen molar-refractivity contribution >= 4 is 28.1 Å². The van der Waals surface area contributed by atoms with E-state index >= 15 is 0 Å². The van der Waals surface area contributed by atoms with Crippen LogP contribution in [0.5, 0.6) is 0 Å². The van der Waals surface area contributed by atoms with Crippen LogP contribution in [0, 0.1) is 0 Å². The highest BCUT2D eigenvalue weighted by molar-refractivity contribution is 5.95. The van der Waals surface area contributed by atoms with E-state index in [0.29, 0.717) is 19.0 Å². The molecule has 32 heavy (non-hydrogen) atoms. The quantitative estimate of drug-likeness (QED) is 0.370. The Bertz CT molecular complexity index is 1300. The van der Waals surface area contributed by atoms with Crippen LogP contribution in [0.1, 0.15) is 30.0 Å². The fourth-order valence-corrected chi connectivity index (χ4v) is 4.08. The van der Waals surface area contributed by atoms with Gasteiger partial charge in [0.25, 0.3) is 0 Å². The first kappa shape index (κ1) is 20.2. The van der Waals surface area contributed by atoms with E-state index in [9.17, 15) is 0 Å². The van der Waals surface area contributed by atoms with Gasteiger partial charge in [0.15, 0.2) is 5.82 Å². The molecule has 2 heterocycles. The third-order valence-corrected chi connectivity index (χ3v) is 5.71. The minimum atomic E-state index is 0.591. The van der Waals surface area contributed by atoms with Gasteiger partial charge in [-0.3, -0.25) is 0 Å². The Morgan fingerprint density at radius 2 is 1.81 bits per heavy atom. The van der Waals surface area contributed by atoms with E-state index in [0.717, 1.165) is 52.2 Å². The maximum atomic E-state index is 5.67. The lowest BCUT2D eigenvalue weighted by Gasteiger charge is -2.17. The van der Waals surface area contributed by atoms with Crippen LogP contribution in [-0.2, 0) is 18.0 Å². The smallest absolute Gasteiger partial charge is 0.162 e. The molecular formula is C27H26N4O. The summed E-state index contributed by atoms with van der Waals surface area (Å²) in [6, 6.07) is 22.5.